The first-order valence-corrected chi connectivity index (χ1v) is 10.9. The molecular formula is C23H28N6O3. The molecule has 1 aliphatic rings. The molecule has 32 heavy (non-hydrogen) atoms. The van der Waals surface area contributed by atoms with Gasteiger partial charge in [-0.25, -0.2) is 9.78 Å². The molecule has 1 aromatic carbocycles. The fourth-order valence-electron chi connectivity index (χ4n) is 3.58. The predicted octanol–water partition coefficient (Wildman–Crippen LogP) is 2.78. The first-order valence-electron chi connectivity index (χ1n) is 10.9. The van der Waals surface area contributed by atoms with Crippen molar-refractivity contribution in [3.63, 3.8) is 0 Å². The lowest BCUT2D eigenvalue weighted by Crippen LogP contribution is -2.52. The maximum absolute atomic E-state index is 12.5. The maximum atomic E-state index is 12.5. The lowest BCUT2D eigenvalue weighted by molar-refractivity contribution is 0.194. The fourth-order valence-corrected chi connectivity index (χ4v) is 3.58. The number of rotatable bonds is 7. The summed E-state index contributed by atoms with van der Waals surface area (Å²) in [7, 11) is 1.65. The fraction of sp³-hybridized carbons (Fsp3) is 0.391. The molecule has 3 aromatic rings. The van der Waals surface area contributed by atoms with Gasteiger partial charge in [-0.05, 0) is 36.2 Å². The Labute approximate surface area is 187 Å². The normalized spacial score (nSPS) is 13.8. The van der Waals surface area contributed by atoms with E-state index in [0.717, 1.165) is 42.2 Å². The number of piperazine rings is 1. The predicted molar refractivity (Wildman–Crippen MR) is 121 cm³/mol. The van der Waals surface area contributed by atoms with E-state index in [1.165, 1.54) is 0 Å². The highest BCUT2D eigenvalue weighted by atomic mass is 16.5. The molecule has 1 N–H and O–H groups in total. The smallest absolute Gasteiger partial charge is 0.317 e. The van der Waals surface area contributed by atoms with Gasteiger partial charge in [0.25, 0.3) is 0 Å². The number of nitrogens with one attached hydrogen (secondary N) is 1. The summed E-state index contributed by atoms with van der Waals surface area (Å²) < 4.78 is 10.3. The molecule has 1 saturated heterocycles. The number of aromatic nitrogens is 3. The van der Waals surface area contributed by atoms with Gasteiger partial charge in [0.15, 0.2) is 0 Å². The lowest BCUT2D eigenvalue weighted by atomic mass is 10.1. The Morgan fingerprint density at radius 2 is 1.91 bits per heavy atom. The van der Waals surface area contributed by atoms with Crippen molar-refractivity contribution in [3.05, 3.63) is 54.0 Å². The van der Waals surface area contributed by atoms with Gasteiger partial charge in [0.1, 0.15) is 11.6 Å². The van der Waals surface area contributed by atoms with Crippen LogP contribution in [0.4, 0.5) is 10.6 Å². The Bertz CT molecular complexity index is 1010. The number of amides is 2. The first kappa shape index (κ1) is 21.6. The van der Waals surface area contributed by atoms with Gasteiger partial charge in [-0.1, -0.05) is 24.2 Å². The summed E-state index contributed by atoms with van der Waals surface area (Å²) in [5, 5.41) is 7.00. The van der Waals surface area contributed by atoms with Crippen LogP contribution in [0.5, 0.6) is 5.75 Å². The Morgan fingerprint density at radius 3 is 2.53 bits per heavy atom. The number of hydrogen-bond donors (Lipinski definition) is 1. The average molecular weight is 437 g/mol. The number of anilines is 1. The molecule has 1 fully saturated rings. The van der Waals surface area contributed by atoms with Gasteiger partial charge in [-0.15, -0.1) is 0 Å². The first-order chi connectivity index (χ1) is 15.7. The average Bonchev–Trinajstić information content (AvgIpc) is 3.34. The monoisotopic (exact) mass is 436 g/mol. The van der Waals surface area contributed by atoms with E-state index < -0.39 is 0 Å². The van der Waals surface area contributed by atoms with Crippen LogP contribution in [0, 0.1) is 0 Å². The molecule has 168 valence electrons. The van der Waals surface area contributed by atoms with Crippen molar-refractivity contribution in [2.45, 2.75) is 19.8 Å². The van der Waals surface area contributed by atoms with Crippen LogP contribution in [-0.4, -0.2) is 65.9 Å². The van der Waals surface area contributed by atoms with Crippen molar-refractivity contribution in [2.24, 2.45) is 0 Å². The number of nitrogens with zero attached hydrogens (tertiary/aromatic N) is 5. The van der Waals surface area contributed by atoms with E-state index in [4.69, 9.17) is 9.26 Å². The van der Waals surface area contributed by atoms with Crippen LogP contribution >= 0.6 is 0 Å². The molecular weight excluding hydrogens is 408 g/mol. The summed E-state index contributed by atoms with van der Waals surface area (Å²) in [4.78, 5) is 25.4. The quantitative estimate of drug-likeness (QED) is 0.608. The molecule has 2 amide bonds. The summed E-state index contributed by atoms with van der Waals surface area (Å²) in [5.41, 5.74) is 1.99. The molecule has 0 atom stereocenters. The zero-order valence-corrected chi connectivity index (χ0v) is 18.5. The molecule has 0 spiro atoms. The van der Waals surface area contributed by atoms with E-state index >= 15 is 0 Å². The van der Waals surface area contributed by atoms with Gasteiger partial charge in [0.05, 0.1) is 7.11 Å². The number of ether oxygens (including phenoxy) is 1. The van der Waals surface area contributed by atoms with Crippen molar-refractivity contribution >= 4 is 11.8 Å². The number of benzene rings is 1. The standard InChI is InChI=1S/C23H28N6O3/c1-3-21-26-22(27-32-21)18-6-9-20(25-16-18)28-12-14-29(15-13-28)23(30)24-11-10-17-4-7-19(31-2)8-5-17/h4-9,16H,3,10-15H2,1-2H3,(H,24,30). The molecule has 0 radical (unpaired) electrons. The van der Waals surface area contributed by atoms with Gasteiger partial charge in [-0.3, -0.25) is 0 Å². The summed E-state index contributed by atoms with van der Waals surface area (Å²) in [6, 6.07) is 11.8. The highest BCUT2D eigenvalue weighted by Gasteiger charge is 2.22. The van der Waals surface area contributed by atoms with Crippen molar-refractivity contribution in [2.75, 3.05) is 44.7 Å². The molecule has 9 heteroatoms. The number of carbonyl (C=O) groups excluding carboxylic acids is 1. The zero-order valence-electron chi connectivity index (χ0n) is 18.5. The van der Waals surface area contributed by atoms with E-state index in [1.54, 1.807) is 13.3 Å². The van der Waals surface area contributed by atoms with E-state index in [1.807, 2.05) is 48.2 Å². The van der Waals surface area contributed by atoms with Gasteiger partial charge in [0, 0.05) is 50.9 Å². The lowest BCUT2D eigenvalue weighted by Gasteiger charge is -2.35. The number of pyridine rings is 1. The number of aryl methyl sites for hydroxylation is 1. The molecule has 9 nitrogen and oxygen atoms in total. The van der Waals surface area contributed by atoms with Gasteiger partial charge in [0.2, 0.25) is 11.7 Å². The maximum Gasteiger partial charge on any atom is 0.317 e. The molecule has 2 aromatic heterocycles. The largest absolute Gasteiger partial charge is 0.497 e. The summed E-state index contributed by atoms with van der Waals surface area (Å²) in [5.74, 6) is 2.88. The third-order valence-corrected chi connectivity index (χ3v) is 5.52. The van der Waals surface area contributed by atoms with Crippen molar-refractivity contribution < 1.29 is 14.1 Å². The minimum absolute atomic E-state index is 0.0229. The van der Waals surface area contributed by atoms with Crippen LogP contribution in [-0.2, 0) is 12.8 Å². The molecule has 0 unspecified atom stereocenters. The highest BCUT2D eigenvalue weighted by Crippen LogP contribution is 2.20. The summed E-state index contributed by atoms with van der Waals surface area (Å²) >= 11 is 0. The Kier molecular flexibility index (Phi) is 6.84. The second-order valence-corrected chi connectivity index (χ2v) is 7.57. The Morgan fingerprint density at radius 1 is 1.12 bits per heavy atom. The van der Waals surface area contributed by atoms with E-state index in [-0.39, 0.29) is 6.03 Å². The summed E-state index contributed by atoms with van der Waals surface area (Å²) in [6.45, 7) is 5.36. The van der Waals surface area contributed by atoms with Crippen molar-refractivity contribution in [3.8, 4) is 17.1 Å². The van der Waals surface area contributed by atoms with Gasteiger partial charge in [-0.2, -0.15) is 4.98 Å². The van der Waals surface area contributed by atoms with Crippen molar-refractivity contribution in [1.82, 2.24) is 25.3 Å². The third-order valence-electron chi connectivity index (χ3n) is 5.52. The number of urea groups is 1. The number of carbonyl (C=O) groups is 1. The molecule has 4 rings (SSSR count). The Balaban J connectivity index is 1.23. The van der Waals surface area contributed by atoms with Crippen LogP contribution in [0.1, 0.15) is 18.4 Å². The molecule has 0 bridgehead atoms. The van der Waals surface area contributed by atoms with E-state index in [0.29, 0.717) is 37.8 Å². The van der Waals surface area contributed by atoms with Crippen LogP contribution in [0.15, 0.2) is 47.1 Å². The van der Waals surface area contributed by atoms with Gasteiger partial charge < -0.3 is 24.4 Å². The molecule has 3 heterocycles. The number of methoxy groups -OCH3 is 1. The van der Waals surface area contributed by atoms with Crippen LogP contribution in [0.3, 0.4) is 0 Å². The highest BCUT2D eigenvalue weighted by molar-refractivity contribution is 5.74. The van der Waals surface area contributed by atoms with E-state index in [9.17, 15) is 4.79 Å². The second-order valence-electron chi connectivity index (χ2n) is 7.57. The number of hydrogen-bond acceptors (Lipinski definition) is 7. The topological polar surface area (TPSA) is 96.6 Å². The molecule has 1 aliphatic heterocycles. The van der Waals surface area contributed by atoms with E-state index in [2.05, 4.69) is 25.3 Å². The molecule has 0 aliphatic carbocycles. The van der Waals surface area contributed by atoms with Crippen LogP contribution < -0.4 is 15.0 Å². The molecule has 0 saturated carbocycles. The SMILES string of the molecule is CCc1nc(-c2ccc(N3CCN(C(=O)NCCc4ccc(OC)cc4)CC3)nc2)no1. The minimum atomic E-state index is -0.0229. The zero-order chi connectivity index (χ0) is 22.3. The Hall–Kier alpha value is -3.62. The third kappa shape index (κ3) is 5.16. The summed E-state index contributed by atoms with van der Waals surface area (Å²) in [6.07, 6.45) is 3.25. The van der Waals surface area contributed by atoms with Crippen LogP contribution in [0.25, 0.3) is 11.4 Å². The second kappa shape index (κ2) is 10.1. The van der Waals surface area contributed by atoms with Gasteiger partial charge >= 0.3 is 6.03 Å². The van der Waals surface area contributed by atoms with Crippen molar-refractivity contribution in [1.29, 1.82) is 0 Å². The minimum Gasteiger partial charge on any atom is -0.497 e. The van der Waals surface area contributed by atoms with Crippen LogP contribution in [0.2, 0.25) is 0 Å².